The van der Waals surface area contributed by atoms with Crippen LogP contribution < -0.4 is 15.1 Å². The lowest BCUT2D eigenvalue weighted by Crippen LogP contribution is -2.50. The first kappa shape index (κ1) is 19.4. The molecule has 0 aromatic carbocycles. The van der Waals surface area contributed by atoms with Gasteiger partial charge in [-0.2, -0.15) is 15.0 Å². The molecule has 1 saturated heterocycles. The quantitative estimate of drug-likeness (QED) is 0.810. The van der Waals surface area contributed by atoms with E-state index in [9.17, 15) is 4.79 Å². The molecule has 140 valence electrons. The van der Waals surface area contributed by atoms with Crippen molar-refractivity contribution in [2.75, 3.05) is 56.6 Å². The molecule has 1 aliphatic rings. The van der Waals surface area contributed by atoms with Gasteiger partial charge in [0.2, 0.25) is 17.8 Å². The van der Waals surface area contributed by atoms with E-state index >= 15 is 0 Å². The van der Waals surface area contributed by atoms with Gasteiger partial charge in [0.1, 0.15) is 5.82 Å². The molecule has 1 N–H and O–H groups in total. The maximum atomic E-state index is 11.9. The van der Waals surface area contributed by atoms with Crippen LogP contribution in [0.15, 0.2) is 0 Å². The van der Waals surface area contributed by atoms with Crippen molar-refractivity contribution in [2.24, 2.45) is 0 Å². The second kappa shape index (κ2) is 8.42. The van der Waals surface area contributed by atoms with Crippen LogP contribution in [0.25, 0.3) is 0 Å². The maximum absolute atomic E-state index is 11.9. The normalized spacial score (nSPS) is 15.8. The van der Waals surface area contributed by atoms with Crippen LogP contribution in [0.2, 0.25) is 0 Å². The first-order valence-electron chi connectivity index (χ1n) is 8.96. The Kier molecular flexibility index (Phi) is 6.52. The minimum absolute atomic E-state index is 0.0839. The van der Waals surface area contributed by atoms with Crippen LogP contribution in [0.1, 0.15) is 39.4 Å². The Balaban J connectivity index is 2.01. The number of carbonyl (C=O) groups excluding carboxylic acids is 1. The molecule has 0 unspecified atom stereocenters. The van der Waals surface area contributed by atoms with Gasteiger partial charge in [0.25, 0.3) is 0 Å². The second-order valence-corrected chi connectivity index (χ2v) is 7.33. The monoisotopic (exact) mass is 349 g/mol. The van der Waals surface area contributed by atoms with E-state index in [4.69, 9.17) is 0 Å². The Morgan fingerprint density at radius 1 is 1.08 bits per heavy atom. The highest BCUT2D eigenvalue weighted by atomic mass is 16.2. The fourth-order valence-electron chi connectivity index (χ4n) is 2.65. The lowest BCUT2D eigenvalue weighted by molar-refractivity contribution is -0.122. The first-order chi connectivity index (χ1) is 11.8. The molecule has 0 spiro atoms. The summed E-state index contributed by atoms with van der Waals surface area (Å²) in [5.74, 6) is 2.57. The zero-order valence-corrected chi connectivity index (χ0v) is 16.3. The van der Waals surface area contributed by atoms with E-state index in [0.717, 1.165) is 38.0 Å². The van der Waals surface area contributed by atoms with Crippen molar-refractivity contribution in [2.45, 2.75) is 39.7 Å². The maximum Gasteiger partial charge on any atom is 0.234 e. The molecule has 25 heavy (non-hydrogen) atoms. The molecule has 1 amide bonds. The zero-order chi connectivity index (χ0) is 18.6. The minimum atomic E-state index is 0.0839. The number of hydrogen-bond acceptors (Lipinski definition) is 7. The van der Waals surface area contributed by atoms with Crippen molar-refractivity contribution < 1.29 is 4.79 Å². The van der Waals surface area contributed by atoms with Gasteiger partial charge in [-0.3, -0.25) is 9.69 Å². The summed E-state index contributed by atoms with van der Waals surface area (Å²) < 4.78 is 0. The summed E-state index contributed by atoms with van der Waals surface area (Å²) >= 11 is 0. The van der Waals surface area contributed by atoms with E-state index in [2.05, 4.69) is 43.9 Å². The number of piperazine rings is 1. The lowest BCUT2D eigenvalue weighted by atomic mass is 10.2. The third-order valence-corrected chi connectivity index (χ3v) is 4.02. The molecule has 1 aliphatic heterocycles. The molecule has 0 bridgehead atoms. The molecule has 2 rings (SSSR count). The van der Waals surface area contributed by atoms with Crippen LogP contribution in [0, 0.1) is 0 Å². The molecule has 0 saturated carbocycles. The third-order valence-electron chi connectivity index (χ3n) is 4.02. The first-order valence-corrected chi connectivity index (χ1v) is 8.96. The topological polar surface area (TPSA) is 77.5 Å². The highest BCUT2D eigenvalue weighted by molar-refractivity contribution is 5.78. The highest BCUT2D eigenvalue weighted by Gasteiger charge is 2.22. The summed E-state index contributed by atoms with van der Waals surface area (Å²) in [5.41, 5.74) is 0. The number of carbonyl (C=O) groups is 1. The van der Waals surface area contributed by atoms with E-state index in [0.29, 0.717) is 12.5 Å². The Labute approximate surface area is 150 Å². The molecule has 8 nitrogen and oxygen atoms in total. The fourth-order valence-corrected chi connectivity index (χ4v) is 2.65. The minimum Gasteiger partial charge on any atom is -0.353 e. The predicted octanol–water partition coefficient (Wildman–Crippen LogP) is 0.708. The number of amides is 1. The van der Waals surface area contributed by atoms with Gasteiger partial charge in [0.15, 0.2) is 0 Å². The largest absolute Gasteiger partial charge is 0.353 e. The Hall–Kier alpha value is -1.96. The lowest BCUT2D eigenvalue weighted by Gasteiger charge is -2.34. The van der Waals surface area contributed by atoms with Crippen LogP contribution in [-0.2, 0) is 4.79 Å². The van der Waals surface area contributed by atoms with Gasteiger partial charge in [-0.25, -0.2) is 0 Å². The van der Waals surface area contributed by atoms with Crippen molar-refractivity contribution in [1.29, 1.82) is 0 Å². The molecule has 0 aliphatic carbocycles. The summed E-state index contributed by atoms with van der Waals surface area (Å²) in [6, 6.07) is 0.179. The number of aromatic nitrogens is 3. The van der Waals surface area contributed by atoms with Crippen molar-refractivity contribution in [3.05, 3.63) is 5.82 Å². The van der Waals surface area contributed by atoms with Crippen molar-refractivity contribution in [3.63, 3.8) is 0 Å². The van der Waals surface area contributed by atoms with Crippen LogP contribution >= 0.6 is 0 Å². The van der Waals surface area contributed by atoms with Crippen molar-refractivity contribution >= 4 is 17.8 Å². The van der Waals surface area contributed by atoms with E-state index in [1.807, 2.05) is 32.8 Å². The van der Waals surface area contributed by atoms with Crippen LogP contribution in [-0.4, -0.2) is 78.6 Å². The Morgan fingerprint density at radius 2 is 1.72 bits per heavy atom. The van der Waals surface area contributed by atoms with E-state index in [1.54, 1.807) is 0 Å². The average molecular weight is 349 g/mol. The zero-order valence-electron chi connectivity index (χ0n) is 16.3. The van der Waals surface area contributed by atoms with E-state index in [-0.39, 0.29) is 17.9 Å². The summed E-state index contributed by atoms with van der Waals surface area (Å²) in [5, 5.41) is 2.94. The molecule has 1 aromatic rings. The molecular weight excluding hydrogens is 318 g/mol. The standard InChI is InChI=1S/C17H31N7O/c1-12(2)15-19-16(22(5)6)21-17(20-15)24-9-7-23(8-10-24)11-14(25)18-13(3)4/h12-13H,7-11H2,1-6H3,(H,18,25). The fraction of sp³-hybridized carbons (Fsp3) is 0.765. The van der Waals surface area contributed by atoms with E-state index < -0.39 is 0 Å². The van der Waals surface area contributed by atoms with Gasteiger partial charge < -0.3 is 15.1 Å². The second-order valence-electron chi connectivity index (χ2n) is 7.33. The summed E-state index contributed by atoms with van der Waals surface area (Å²) in [6.45, 7) is 11.8. The molecular formula is C17H31N7O. The number of rotatable bonds is 6. The highest BCUT2D eigenvalue weighted by Crippen LogP contribution is 2.18. The number of nitrogens with zero attached hydrogens (tertiary/aromatic N) is 6. The van der Waals surface area contributed by atoms with Gasteiger partial charge in [0, 0.05) is 52.2 Å². The number of nitrogens with one attached hydrogen (secondary N) is 1. The number of hydrogen-bond donors (Lipinski definition) is 1. The van der Waals surface area contributed by atoms with Gasteiger partial charge >= 0.3 is 0 Å². The third kappa shape index (κ3) is 5.52. The van der Waals surface area contributed by atoms with Gasteiger partial charge in [-0.05, 0) is 13.8 Å². The SMILES string of the molecule is CC(C)NC(=O)CN1CCN(c2nc(C(C)C)nc(N(C)C)n2)CC1. The van der Waals surface area contributed by atoms with Gasteiger partial charge in [-0.15, -0.1) is 0 Å². The van der Waals surface area contributed by atoms with Gasteiger partial charge in [0.05, 0.1) is 6.54 Å². The Morgan fingerprint density at radius 3 is 2.24 bits per heavy atom. The van der Waals surface area contributed by atoms with Crippen molar-refractivity contribution in [1.82, 2.24) is 25.2 Å². The smallest absolute Gasteiger partial charge is 0.234 e. The summed E-state index contributed by atoms with van der Waals surface area (Å²) in [7, 11) is 3.88. The van der Waals surface area contributed by atoms with Crippen LogP contribution in [0.4, 0.5) is 11.9 Å². The molecule has 1 fully saturated rings. The Bertz CT molecular complexity index is 554. The molecule has 8 heteroatoms. The summed E-state index contributed by atoms with van der Waals surface area (Å²) in [6.07, 6.45) is 0. The van der Waals surface area contributed by atoms with Crippen LogP contribution in [0.3, 0.4) is 0 Å². The van der Waals surface area contributed by atoms with Crippen molar-refractivity contribution in [3.8, 4) is 0 Å². The van der Waals surface area contributed by atoms with E-state index in [1.165, 1.54) is 0 Å². The molecule has 0 radical (unpaired) electrons. The summed E-state index contributed by atoms with van der Waals surface area (Å²) in [4.78, 5) is 31.9. The molecule has 0 atom stereocenters. The molecule has 2 heterocycles. The average Bonchev–Trinajstić information content (AvgIpc) is 2.54. The molecule has 1 aromatic heterocycles. The number of anilines is 2. The predicted molar refractivity (Wildman–Crippen MR) is 100 cm³/mol. The van der Waals surface area contributed by atoms with Crippen LogP contribution in [0.5, 0.6) is 0 Å². The van der Waals surface area contributed by atoms with Gasteiger partial charge in [-0.1, -0.05) is 13.8 Å².